The van der Waals surface area contributed by atoms with Gasteiger partial charge in [-0.3, -0.25) is 5.43 Å². The lowest BCUT2D eigenvalue weighted by Crippen LogP contribution is -2.44. The van der Waals surface area contributed by atoms with Gasteiger partial charge in [-0.15, -0.1) is 0 Å². The first-order valence-electron chi connectivity index (χ1n) is 4.39. The molecule has 1 rings (SSSR count). The molecular formula is C10H16N2O. The van der Waals surface area contributed by atoms with Crippen molar-refractivity contribution in [3.8, 4) is 0 Å². The second-order valence-corrected chi connectivity index (χ2v) is 3.66. The lowest BCUT2D eigenvalue weighted by Gasteiger charge is -2.34. The first-order chi connectivity index (χ1) is 6.09. The van der Waals surface area contributed by atoms with Crippen molar-refractivity contribution in [3.63, 3.8) is 0 Å². The third kappa shape index (κ3) is 1.98. The molecule has 0 aromatic carbocycles. The molecule has 0 saturated carbocycles. The second kappa shape index (κ2) is 3.75. The van der Waals surface area contributed by atoms with E-state index in [2.05, 4.69) is 10.5 Å². The number of rotatable bonds is 1. The Morgan fingerprint density at radius 1 is 1.62 bits per heavy atom. The summed E-state index contributed by atoms with van der Waals surface area (Å²) >= 11 is 0. The van der Waals surface area contributed by atoms with E-state index in [0.717, 1.165) is 5.57 Å². The predicted octanol–water partition coefficient (Wildman–Crippen LogP) is 1.42. The summed E-state index contributed by atoms with van der Waals surface area (Å²) in [4.78, 5) is 0. The van der Waals surface area contributed by atoms with Crippen LogP contribution in [0.15, 0.2) is 28.9 Å². The monoisotopic (exact) mass is 180 g/mol. The first kappa shape index (κ1) is 9.99. The molecule has 13 heavy (non-hydrogen) atoms. The summed E-state index contributed by atoms with van der Waals surface area (Å²) in [6.07, 6.45) is 6.99. The quantitative estimate of drug-likeness (QED) is 0.641. The van der Waals surface area contributed by atoms with Gasteiger partial charge < -0.3 is 5.11 Å². The molecule has 0 bridgehead atoms. The van der Waals surface area contributed by atoms with E-state index in [4.69, 9.17) is 0 Å². The third-order valence-electron chi connectivity index (χ3n) is 2.30. The molecule has 0 aromatic heterocycles. The molecule has 0 fully saturated rings. The maximum atomic E-state index is 9.62. The summed E-state index contributed by atoms with van der Waals surface area (Å²) in [6.45, 7) is 5.91. The van der Waals surface area contributed by atoms with Gasteiger partial charge in [0.1, 0.15) is 6.23 Å². The van der Waals surface area contributed by atoms with Crippen LogP contribution in [-0.4, -0.2) is 17.5 Å². The molecule has 0 aliphatic carbocycles. The van der Waals surface area contributed by atoms with Crippen molar-refractivity contribution in [2.75, 3.05) is 0 Å². The van der Waals surface area contributed by atoms with Gasteiger partial charge >= 0.3 is 0 Å². The molecule has 1 aliphatic rings. The summed E-state index contributed by atoms with van der Waals surface area (Å²) in [6, 6.07) is 0. The zero-order valence-electron chi connectivity index (χ0n) is 8.28. The minimum Gasteiger partial charge on any atom is -0.371 e. The van der Waals surface area contributed by atoms with Crippen LogP contribution in [0.1, 0.15) is 20.8 Å². The Hall–Kier alpha value is -1.09. The van der Waals surface area contributed by atoms with Gasteiger partial charge in [0.25, 0.3) is 0 Å². The third-order valence-corrected chi connectivity index (χ3v) is 2.30. The van der Waals surface area contributed by atoms with Crippen LogP contribution < -0.4 is 5.43 Å². The van der Waals surface area contributed by atoms with Crippen molar-refractivity contribution < 1.29 is 5.11 Å². The van der Waals surface area contributed by atoms with E-state index in [1.807, 2.05) is 39.0 Å². The molecule has 0 saturated heterocycles. The van der Waals surface area contributed by atoms with Crippen molar-refractivity contribution >= 4 is 6.21 Å². The molecule has 1 atom stereocenters. The van der Waals surface area contributed by atoms with Gasteiger partial charge in [0.05, 0.1) is 6.21 Å². The van der Waals surface area contributed by atoms with Gasteiger partial charge in [0, 0.05) is 5.41 Å². The largest absolute Gasteiger partial charge is 0.371 e. The summed E-state index contributed by atoms with van der Waals surface area (Å²) in [5, 5.41) is 13.5. The second-order valence-electron chi connectivity index (χ2n) is 3.66. The van der Waals surface area contributed by atoms with Gasteiger partial charge in [-0.25, -0.2) is 0 Å². The smallest absolute Gasteiger partial charge is 0.148 e. The molecule has 1 unspecified atom stereocenters. The Kier molecular flexibility index (Phi) is 2.88. The lowest BCUT2D eigenvalue weighted by atomic mass is 9.82. The summed E-state index contributed by atoms with van der Waals surface area (Å²) < 4.78 is 0. The Morgan fingerprint density at radius 3 is 2.92 bits per heavy atom. The fraction of sp³-hybridized carbons (Fsp3) is 0.500. The molecular weight excluding hydrogens is 164 g/mol. The molecule has 0 radical (unpaired) electrons. The van der Waals surface area contributed by atoms with Gasteiger partial charge in [-0.2, -0.15) is 5.10 Å². The van der Waals surface area contributed by atoms with Crippen LogP contribution in [0.5, 0.6) is 0 Å². The zero-order chi connectivity index (χ0) is 9.90. The topological polar surface area (TPSA) is 44.6 Å². The Balaban J connectivity index is 2.95. The number of hydrazone groups is 1. The minimum absolute atomic E-state index is 0.290. The van der Waals surface area contributed by atoms with Gasteiger partial charge in [-0.05, 0) is 12.5 Å². The summed E-state index contributed by atoms with van der Waals surface area (Å²) in [5.74, 6) is 0. The van der Waals surface area contributed by atoms with Crippen LogP contribution >= 0.6 is 0 Å². The number of aliphatic hydroxyl groups excluding tert-OH is 1. The van der Waals surface area contributed by atoms with Crippen LogP contribution in [0.4, 0.5) is 0 Å². The fourth-order valence-corrected chi connectivity index (χ4v) is 1.12. The van der Waals surface area contributed by atoms with E-state index in [9.17, 15) is 5.11 Å². The molecule has 3 heteroatoms. The fourth-order valence-electron chi connectivity index (χ4n) is 1.12. The SMILES string of the molecule is C/C=C\C=C1\C=NNC(O)C1(C)C. The molecule has 1 aliphatic heterocycles. The number of aliphatic hydroxyl groups is 1. The highest BCUT2D eigenvalue weighted by Gasteiger charge is 2.33. The van der Waals surface area contributed by atoms with Crippen LogP contribution in [0.3, 0.4) is 0 Å². The zero-order valence-corrected chi connectivity index (χ0v) is 8.28. The Morgan fingerprint density at radius 2 is 2.31 bits per heavy atom. The van der Waals surface area contributed by atoms with E-state index >= 15 is 0 Å². The Bertz CT molecular complexity index is 264. The van der Waals surface area contributed by atoms with Gasteiger partial charge in [0.15, 0.2) is 0 Å². The number of hydrogen-bond acceptors (Lipinski definition) is 3. The van der Waals surface area contributed by atoms with E-state index < -0.39 is 6.23 Å². The van der Waals surface area contributed by atoms with Crippen LogP contribution in [0.25, 0.3) is 0 Å². The minimum atomic E-state index is -0.617. The van der Waals surface area contributed by atoms with Crippen molar-refractivity contribution in [2.45, 2.75) is 27.0 Å². The standard InChI is InChI=1S/C10H16N2O/c1-4-5-6-8-7-11-12-9(13)10(8,2)3/h4-7,9,12-13H,1-3H3/b5-4-,8-6-. The average Bonchev–Trinajstić information content (AvgIpc) is 2.08. The van der Waals surface area contributed by atoms with Crippen molar-refractivity contribution in [2.24, 2.45) is 10.5 Å². The van der Waals surface area contributed by atoms with Crippen molar-refractivity contribution in [1.29, 1.82) is 0 Å². The van der Waals surface area contributed by atoms with E-state index in [1.165, 1.54) is 0 Å². The highest BCUT2D eigenvalue weighted by Crippen LogP contribution is 2.30. The van der Waals surface area contributed by atoms with E-state index in [0.29, 0.717) is 0 Å². The van der Waals surface area contributed by atoms with Crippen molar-refractivity contribution in [3.05, 3.63) is 23.8 Å². The van der Waals surface area contributed by atoms with Crippen LogP contribution in [-0.2, 0) is 0 Å². The normalized spacial score (nSPS) is 29.5. The number of hydrogen-bond donors (Lipinski definition) is 2. The molecule has 72 valence electrons. The van der Waals surface area contributed by atoms with Crippen LogP contribution in [0, 0.1) is 5.41 Å². The van der Waals surface area contributed by atoms with Gasteiger partial charge in [-0.1, -0.05) is 32.1 Å². The summed E-state index contributed by atoms with van der Waals surface area (Å²) in [5.41, 5.74) is 3.37. The molecule has 3 nitrogen and oxygen atoms in total. The highest BCUT2D eigenvalue weighted by atomic mass is 16.3. The maximum Gasteiger partial charge on any atom is 0.148 e. The molecule has 2 N–H and O–H groups in total. The van der Waals surface area contributed by atoms with E-state index in [1.54, 1.807) is 6.21 Å². The molecule has 0 aromatic rings. The Labute approximate surface area is 78.8 Å². The highest BCUT2D eigenvalue weighted by molar-refractivity contribution is 5.81. The first-order valence-corrected chi connectivity index (χ1v) is 4.39. The van der Waals surface area contributed by atoms with E-state index in [-0.39, 0.29) is 5.41 Å². The van der Waals surface area contributed by atoms with Crippen molar-refractivity contribution in [1.82, 2.24) is 5.43 Å². The summed E-state index contributed by atoms with van der Waals surface area (Å²) in [7, 11) is 0. The number of nitrogens with zero attached hydrogens (tertiary/aromatic N) is 1. The molecule has 1 heterocycles. The predicted molar refractivity (Wildman–Crippen MR) is 54.3 cm³/mol. The van der Waals surface area contributed by atoms with Gasteiger partial charge in [0.2, 0.25) is 0 Å². The molecule has 0 amide bonds. The molecule has 0 spiro atoms. The number of nitrogens with one attached hydrogen (secondary N) is 1. The lowest BCUT2D eigenvalue weighted by molar-refractivity contribution is 0.0438. The average molecular weight is 180 g/mol. The van der Waals surface area contributed by atoms with Crippen LogP contribution in [0.2, 0.25) is 0 Å². The number of allylic oxidation sites excluding steroid dienone is 3. The maximum absolute atomic E-state index is 9.62.